The minimum absolute atomic E-state index is 0.0955. The van der Waals surface area contributed by atoms with Gasteiger partial charge in [0.1, 0.15) is 17.1 Å². The number of hydrogen-bond donors (Lipinski definition) is 0. The van der Waals surface area contributed by atoms with E-state index in [1.807, 2.05) is 45.9 Å². The molecule has 9 nitrogen and oxygen atoms in total. The second-order valence-corrected chi connectivity index (χ2v) is 10.7. The van der Waals surface area contributed by atoms with Crippen LogP contribution in [0.25, 0.3) is 10.8 Å². The number of hydrogen-bond acceptors (Lipinski definition) is 7. The quantitative estimate of drug-likeness (QED) is 0.408. The first-order valence-electron chi connectivity index (χ1n) is 12.4. The predicted octanol–water partition coefficient (Wildman–Crippen LogP) is 5.42. The van der Waals surface area contributed by atoms with Gasteiger partial charge in [0.2, 0.25) is 0 Å². The fourth-order valence-electron chi connectivity index (χ4n) is 4.62. The summed E-state index contributed by atoms with van der Waals surface area (Å²) in [5.41, 5.74) is 0.600. The first-order chi connectivity index (χ1) is 18.0. The van der Waals surface area contributed by atoms with Crippen molar-refractivity contribution in [3.8, 4) is 0 Å². The molecule has 1 fully saturated rings. The Morgan fingerprint density at radius 3 is 2.55 bits per heavy atom. The number of methoxy groups -OCH3 is 1. The zero-order valence-corrected chi connectivity index (χ0v) is 22.9. The van der Waals surface area contributed by atoms with Gasteiger partial charge in [0, 0.05) is 35.9 Å². The molecule has 200 valence electrons. The van der Waals surface area contributed by atoms with E-state index in [0.717, 1.165) is 16.3 Å². The highest BCUT2D eigenvalue weighted by Gasteiger charge is 2.35. The van der Waals surface area contributed by atoms with E-state index in [-0.39, 0.29) is 29.8 Å². The van der Waals surface area contributed by atoms with Gasteiger partial charge in [-0.15, -0.1) is 0 Å². The van der Waals surface area contributed by atoms with E-state index in [1.54, 1.807) is 16.0 Å². The lowest BCUT2D eigenvalue weighted by Crippen LogP contribution is -2.53. The molecule has 1 aliphatic rings. The fraction of sp³-hybridized carbons (Fsp3) is 0.393. The van der Waals surface area contributed by atoms with Crippen molar-refractivity contribution in [2.24, 2.45) is 0 Å². The molecule has 1 aromatic carbocycles. The van der Waals surface area contributed by atoms with Crippen molar-refractivity contribution in [1.29, 1.82) is 0 Å². The highest BCUT2D eigenvalue weighted by Crippen LogP contribution is 2.34. The summed E-state index contributed by atoms with van der Waals surface area (Å²) >= 11 is 6.32. The number of anilines is 1. The number of likely N-dealkylation sites (tertiary alicyclic amines) is 1. The van der Waals surface area contributed by atoms with Crippen LogP contribution in [0.15, 0.2) is 42.7 Å². The topological polar surface area (TPSA) is 102 Å². The van der Waals surface area contributed by atoms with E-state index < -0.39 is 17.7 Å². The molecule has 2 amide bonds. The van der Waals surface area contributed by atoms with Crippen molar-refractivity contribution < 1.29 is 23.9 Å². The Balaban J connectivity index is 1.78. The number of carbonyl (C=O) groups excluding carboxylic acids is 3. The molecule has 4 rings (SSSR count). The fourth-order valence-corrected chi connectivity index (χ4v) is 4.90. The molecule has 3 aromatic rings. The van der Waals surface area contributed by atoms with Crippen molar-refractivity contribution in [3.05, 3.63) is 64.6 Å². The summed E-state index contributed by atoms with van der Waals surface area (Å²) in [5.74, 6) is -0.474. The average molecular weight is 539 g/mol. The van der Waals surface area contributed by atoms with Crippen LogP contribution in [0.3, 0.4) is 0 Å². The number of piperidine rings is 1. The maximum Gasteiger partial charge on any atom is 0.410 e. The number of esters is 1. The Morgan fingerprint density at radius 1 is 1.13 bits per heavy atom. The number of carbonyl (C=O) groups is 3. The summed E-state index contributed by atoms with van der Waals surface area (Å²) in [5, 5.41) is 2.22. The summed E-state index contributed by atoms with van der Waals surface area (Å²) in [6, 6.07) is 8.12. The second kappa shape index (κ2) is 10.9. The number of ether oxygens (including phenoxy) is 2. The van der Waals surface area contributed by atoms with Crippen LogP contribution in [0.5, 0.6) is 0 Å². The maximum atomic E-state index is 14.1. The van der Waals surface area contributed by atoms with Gasteiger partial charge in [0.25, 0.3) is 5.91 Å². The molecule has 1 aliphatic heterocycles. The number of fused-ring (bicyclic) bond motifs is 1. The number of aromatic nitrogens is 2. The molecule has 0 bridgehead atoms. The highest BCUT2D eigenvalue weighted by molar-refractivity contribution is 6.31. The molecule has 1 atom stereocenters. The minimum atomic E-state index is -0.639. The number of pyridine rings is 2. The average Bonchev–Trinajstić information content (AvgIpc) is 2.87. The molecule has 0 saturated carbocycles. The smallest absolute Gasteiger partial charge is 0.410 e. The molecule has 0 unspecified atom stereocenters. The van der Waals surface area contributed by atoms with Crippen molar-refractivity contribution in [3.63, 3.8) is 0 Å². The summed E-state index contributed by atoms with van der Waals surface area (Å²) in [6.45, 7) is 8.19. The summed E-state index contributed by atoms with van der Waals surface area (Å²) in [7, 11) is 1.27. The van der Waals surface area contributed by atoms with Crippen molar-refractivity contribution in [2.45, 2.75) is 52.2 Å². The molecule has 38 heavy (non-hydrogen) atoms. The maximum absolute atomic E-state index is 14.1. The number of nitrogens with zero attached hydrogens (tertiary/aromatic N) is 4. The zero-order valence-electron chi connectivity index (χ0n) is 22.2. The largest absolute Gasteiger partial charge is 0.464 e. The first kappa shape index (κ1) is 27.3. The number of amides is 2. The molecular formula is C28H31ClN4O5. The van der Waals surface area contributed by atoms with Crippen LogP contribution in [-0.2, 0) is 9.47 Å². The molecule has 1 saturated heterocycles. The van der Waals surface area contributed by atoms with Gasteiger partial charge in [0.05, 0.1) is 18.7 Å². The molecule has 0 spiro atoms. The van der Waals surface area contributed by atoms with Gasteiger partial charge < -0.3 is 14.4 Å². The third-order valence-corrected chi connectivity index (χ3v) is 6.49. The summed E-state index contributed by atoms with van der Waals surface area (Å²) < 4.78 is 10.3. The SMILES string of the molecule is COC(=O)c1ccc(C(=O)N(c2nccc3cc(Cl)cc(C)c23)[C@@H]2CCCN(C(=O)OC(C)(C)C)C2)cn1. The van der Waals surface area contributed by atoms with E-state index in [1.165, 1.54) is 25.4 Å². The third kappa shape index (κ3) is 5.88. The molecular weight excluding hydrogens is 508 g/mol. The Bertz CT molecular complexity index is 1370. The number of benzene rings is 1. The van der Waals surface area contributed by atoms with Crippen LogP contribution < -0.4 is 4.90 Å². The van der Waals surface area contributed by atoms with Gasteiger partial charge in [-0.1, -0.05) is 11.6 Å². The number of aryl methyl sites for hydroxylation is 1. The van der Waals surface area contributed by atoms with Crippen LogP contribution in [0, 0.1) is 6.92 Å². The van der Waals surface area contributed by atoms with Gasteiger partial charge in [-0.05, 0) is 81.8 Å². The Kier molecular flexibility index (Phi) is 7.87. The van der Waals surface area contributed by atoms with Gasteiger partial charge in [0.15, 0.2) is 0 Å². The Labute approximate surface area is 226 Å². The van der Waals surface area contributed by atoms with Gasteiger partial charge >= 0.3 is 12.1 Å². The second-order valence-electron chi connectivity index (χ2n) is 10.3. The predicted molar refractivity (Wildman–Crippen MR) is 145 cm³/mol. The van der Waals surface area contributed by atoms with E-state index >= 15 is 0 Å². The van der Waals surface area contributed by atoms with Crippen molar-refractivity contribution in [2.75, 3.05) is 25.1 Å². The highest BCUT2D eigenvalue weighted by atomic mass is 35.5. The van der Waals surface area contributed by atoms with E-state index in [9.17, 15) is 14.4 Å². The van der Waals surface area contributed by atoms with E-state index in [2.05, 4.69) is 9.97 Å². The van der Waals surface area contributed by atoms with Crippen LogP contribution >= 0.6 is 11.6 Å². The van der Waals surface area contributed by atoms with Crippen molar-refractivity contribution in [1.82, 2.24) is 14.9 Å². The van der Waals surface area contributed by atoms with Gasteiger partial charge in [-0.2, -0.15) is 0 Å². The third-order valence-electron chi connectivity index (χ3n) is 6.27. The van der Waals surface area contributed by atoms with E-state index in [4.69, 9.17) is 21.1 Å². The van der Waals surface area contributed by atoms with Crippen LogP contribution in [-0.4, -0.2) is 64.7 Å². The number of rotatable bonds is 4. The molecule has 0 aliphatic carbocycles. The first-order valence-corrected chi connectivity index (χ1v) is 12.8. The normalized spacial score (nSPS) is 15.7. The Morgan fingerprint density at radius 2 is 1.89 bits per heavy atom. The summed E-state index contributed by atoms with van der Waals surface area (Å²) in [6.07, 6.45) is 3.91. The zero-order chi connectivity index (χ0) is 27.6. The van der Waals surface area contributed by atoms with Gasteiger partial charge in [-0.25, -0.2) is 19.6 Å². The molecule has 0 N–H and O–H groups in total. The molecule has 10 heteroatoms. The Hall–Kier alpha value is -3.72. The lowest BCUT2D eigenvalue weighted by molar-refractivity contribution is 0.0196. The molecule has 3 heterocycles. The van der Waals surface area contributed by atoms with Crippen LogP contribution in [0.4, 0.5) is 10.6 Å². The van der Waals surface area contributed by atoms with Gasteiger partial charge in [-0.3, -0.25) is 9.69 Å². The number of halogens is 1. The lowest BCUT2D eigenvalue weighted by atomic mass is 10.0. The lowest BCUT2D eigenvalue weighted by Gasteiger charge is -2.39. The van der Waals surface area contributed by atoms with Crippen molar-refractivity contribution >= 4 is 46.2 Å². The van der Waals surface area contributed by atoms with Crippen LogP contribution in [0.1, 0.15) is 60.0 Å². The van der Waals surface area contributed by atoms with Crippen LogP contribution in [0.2, 0.25) is 5.02 Å². The summed E-state index contributed by atoms with van der Waals surface area (Å²) in [4.78, 5) is 50.9. The molecule has 2 aromatic heterocycles. The monoisotopic (exact) mass is 538 g/mol. The molecule has 0 radical (unpaired) electrons. The van der Waals surface area contributed by atoms with E-state index in [0.29, 0.717) is 30.2 Å². The minimum Gasteiger partial charge on any atom is -0.464 e. The standard InChI is InChI=1S/C28H31ClN4O5/c1-17-13-20(29)14-18-10-11-30-24(23(17)18)33(25(34)19-8-9-22(31-15-19)26(35)37-5)21-7-6-12-32(16-21)27(36)38-28(2,3)4/h8-11,13-15,21H,6-7,12,16H2,1-5H3/t21-/m1/s1.